The third kappa shape index (κ3) is 1.54. The van der Waals surface area contributed by atoms with Crippen molar-refractivity contribution in [2.45, 2.75) is 6.23 Å². The van der Waals surface area contributed by atoms with Crippen LogP contribution < -0.4 is 0 Å². The number of aldehydes is 1. The molecule has 2 N–H and O–H groups in total. The van der Waals surface area contributed by atoms with Gasteiger partial charge in [-0.05, 0) is 6.07 Å². The average Bonchev–Trinajstić information content (AvgIpc) is 2.67. The fraction of sp³-hybridized carbons (Fsp3) is 0.182. The van der Waals surface area contributed by atoms with E-state index < -0.39 is 6.23 Å². The number of aliphatic hydroxyl groups excluding tert-OH is 2. The molecule has 2 aromatic rings. The molecule has 0 fully saturated rings. The minimum atomic E-state index is -1.01. The van der Waals surface area contributed by atoms with Gasteiger partial charge in [-0.2, -0.15) is 0 Å². The highest BCUT2D eigenvalue weighted by Gasteiger charge is 2.11. The first-order valence-corrected chi connectivity index (χ1v) is 4.61. The monoisotopic (exact) mass is 205 g/mol. The number of carbonyl (C=O) groups is 1. The van der Waals surface area contributed by atoms with E-state index >= 15 is 0 Å². The second-order valence-electron chi connectivity index (χ2n) is 3.29. The molecule has 0 saturated carbocycles. The number of hydrogen-bond donors (Lipinski definition) is 2. The van der Waals surface area contributed by atoms with E-state index in [0.29, 0.717) is 5.56 Å². The SMILES string of the molecule is O=Cc1cn([C@@H](O)CO)c2ccccc12. The van der Waals surface area contributed by atoms with Gasteiger partial charge in [0.05, 0.1) is 12.1 Å². The predicted molar refractivity (Wildman–Crippen MR) is 55.7 cm³/mol. The molecule has 2 rings (SSSR count). The molecule has 1 heterocycles. The lowest BCUT2D eigenvalue weighted by Gasteiger charge is -2.10. The molecule has 1 aromatic heterocycles. The molecule has 78 valence electrons. The summed E-state index contributed by atoms with van der Waals surface area (Å²) >= 11 is 0. The molecule has 0 saturated heterocycles. The Labute approximate surface area is 86.4 Å². The number of benzene rings is 1. The van der Waals surface area contributed by atoms with Gasteiger partial charge < -0.3 is 14.8 Å². The Morgan fingerprint density at radius 2 is 2.13 bits per heavy atom. The summed E-state index contributed by atoms with van der Waals surface area (Å²) in [7, 11) is 0. The molecule has 15 heavy (non-hydrogen) atoms. The van der Waals surface area contributed by atoms with Gasteiger partial charge in [-0.3, -0.25) is 4.79 Å². The summed E-state index contributed by atoms with van der Waals surface area (Å²) in [6.07, 6.45) is 1.27. The molecule has 0 spiro atoms. The Hall–Kier alpha value is -1.65. The fourth-order valence-electron chi connectivity index (χ4n) is 1.66. The van der Waals surface area contributed by atoms with E-state index in [1.165, 1.54) is 4.57 Å². The van der Waals surface area contributed by atoms with Crippen LogP contribution >= 0.6 is 0 Å². The lowest BCUT2D eigenvalue weighted by Crippen LogP contribution is -2.10. The third-order valence-electron chi connectivity index (χ3n) is 2.38. The minimum absolute atomic E-state index is 0.378. The molecular weight excluding hydrogens is 194 g/mol. The van der Waals surface area contributed by atoms with Crippen LogP contribution in [0.2, 0.25) is 0 Å². The molecule has 0 amide bonds. The van der Waals surface area contributed by atoms with Crippen LogP contribution in [-0.4, -0.2) is 27.7 Å². The zero-order valence-electron chi connectivity index (χ0n) is 8.00. The molecule has 0 bridgehead atoms. The van der Waals surface area contributed by atoms with Crippen molar-refractivity contribution in [2.75, 3.05) is 6.61 Å². The van der Waals surface area contributed by atoms with Gasteiger partial charge in [-0.1, -0.05) is 18.2 Å². The van der Waals surface area contributed by atoms with Crippen molar-refractivity contribution < 1.29 is 15.0 Å². The van der Waals surface area contributed by atoms with E-state index in [1.807, 2.05) is 12.1 Å². The maximum atomic E-state index is 10.8. The van der Waals surface area contributed by atoms with Crippen LogP contribution in [-0.2, 0) is 0 Å². The van der Waals surface area contributed by atoms with Crippen LogP contribution in [0.1, 0.15) is 16.6 Å². The molecule has 4 nitrogen and oxygen atoms in total. The highest BCUT2D eigenvalue weighted by molar-refractivity contribution is 5.97. The summed E-state index contributed by atoms with van der Waals surface area (Å²) in [5.41, 5.74) is 1.25. The van der Waals surface area contributed by atoms with Crippen molar-refractivity contribution in [3.63, 3.8) is 0 Å². The first-order valence-electron chi connectivity index (χ1n) is 4.61. The van der Waals surface area contributed by atoms with Gasteiger partial charge in [0.15, 0.2) is 12.5 Å². The standard InChI is InChI=1S/C11H11NO3/c13-6-8-5-12(11(15)7-14)10-4-2-1-3-9(8)10/h1-6,11,14-15H,7H2/t11-/m0/s1. The van der Waals surface area contributed by atoms with Crippen LogP contribution in [0.4, 0.5) is 0 Å². The highest BCUT2D eigenvalue weighted by Crippen LogP contribution is 2.22. The normalized spacial score (nSPS) is 12.9. The number of hydrogen-bond acceptors (Lipinski definition) is 3. The van der Waals surface area contributed by atoms with Crippen LogP contribution in [0.5, 0.6) is 0 Å². The van der Waals surface area contributed by atoms with Crippen molar-refractivity contribution in [3.05, 3.63) is 36.0 Å². The molecule has 0 aliphatic heterocycles. The molecule has 0 unspecified atom stereocenters. The average molecular weight is 205 g/mol. The number of aromatic nitrogens is 1. The Morgan fingerprint density at radius 1 is 1.40 bits per heavy atom. The van der Waals surface area contributed by atoms with E-state index in [-0.39, 0.29) is 6.61 Å². The van der Waals surface area contributed by atoms with E-state index in [9.17, 15) is 9.90 Å². The number of carbonyl (C=O) groups excluding carboxylic acids is 1. The molecule has 0 aliphatic carbocycles. The van der Waals surface area contributed by atoms with E-state index in [0.717, 1.165) is 17.2 Å². The maximum Gasteiger partial charge on any atom is 0.154 e. The summed E-state index contributed by atoms with van der Waals surface area (Å²) in [6, 6.07) is 7.24. The van der Waals surface area contributed by atoms with Gasteiger partial charge in [-0.15, -0.1) is 0 Å². The zero-order chi connectivity index (χ0) is 10.8. The van der Waals surface area contributed by atoms with Gasteiger partial charge in [0.25, 0.3) is 0 Å². The summed E-state index contributed by atoms with van der Waals surface area (Å²) in [4.78, 5) is 10.8. The number of fused-ring (bicyclic) bond motifs is 1. The molecule has 1 aromatic carbocycles. The fourth-order valence-corrected chi connectivity index (χ4v) is 1.66. The van der Waals surface area contributed by atoms with Crippen LogP contribution in [0.25, 0.3) is 10.9 Å². The van der Waals surface area contributed by atoms with Gasteiger partial charge in [0.2, 0.25) is 0 Å². The molecule has 1 atom stereocenters. The molecular formula is C11H11NO3. The summed E-state index contributed by atoms with van der Waals surface area (Å²) in [5.74, 6) is 0. The molecule has 0 radical (unpaired) electrons. The van der Waals surface area contributed by atoms with Crippen molar-refractivity contribution in [1.29, 1.82) is 0 Å². The highest BCUT2D eigenvalue weighted by atomic mass is 16.3. The zero-order valence-corrected chi connectivity index (χ0v) is 8.00. The summed E-state index contributed by atoms with van der Waals surface area (Å²) in [5, 5.41) is 19.2. The Bertz CT molecular complexity index is 490. The van der Waals surface area contributed by atoms with Crippen LogP contribution in [0.15, 0.2) is 30.5 Å². The first-order chi connectivity index (χ1) is 7.27. The Kier molecular flexibility index (Phi) is 2.53. The molecule has 0 aliphatic rings. The summed E-state index contributed by atoms with van der Waals surface area (Å²) < 4.78 is 1.49. The number of rotatable bonds is 3. The van der Waals surface area contributed by atoms with Crippen molar-refractivity contribution >= 4 is 17.2 Å². The summed E-state index contributed by atoms with van der Waals surface area (Å²) in [6.45, 7) is -0.378. The number of aliphatic hydroxyl groups is 2. The smallest absolute Gasteiger partial charge is 0.154 e. The largest absolute Gasteiger partial charge is 0.392 e. The predicted octanol–water partition coefficient (Wildman–Crippen LogP) is 0.937. The lowest BCUT2D eigenvalue weighted by molar-refractivity contribution is 0.0426. The van der Waals surface area contributed by atoms with E-state index in [2.05, 4.69) is 0 Å². The van der Waals surface area contributed by atoms with Gasteiger partial charge in [0.1, 0.15) is 0 Å². The van der Waals surface area contributed by atoms with Crippen molar-refractivity contribution in [1.82, 2.24) is 4.57 Å². The molecule has 4 heteroatoms. The van der Waals surface area contributed by atoms with Crippen molar-refractivity contribution in [3.8, 4) is 0 Å². The first kappa shape index (κ1) is 9.89. The van der Waals surface area contributed by atoms with Gasteiger partial charge in [-0.25, -0.2) is 0 Å². The van der Waals surface area contributed by atoms with Gasteiger partial charge in [0, 0.05) is 17.1 Å². The Morgan fingerprint density at radius 3 is 2.80 bits per heavy atom. The van der Waals surface area contributed by atoms with Crippen LogP contribution in [0, 0.1) is 0 Å². The quantitative estimate of drug-likeness (QED) is 0.733. The minimum Gasteiger partial charge on any atom is -0.392 e. The van der Waals surface area contributed by atoms with Crippen LogP contribution in [0.3, 0.4) is 0 Å². The third-order valence-corrected chi connectivity index (χ3v) is 2.38. The lowest BCUT2D eigenvalue weighted by atomic mass is 10.2. The number of nitrogens with zero attached hydrogens (tertiary/aromatic N) is 1. The van der Waals surface area contributed by atoms with Gasteiger partial charge >= 0.3 is 0 Å². The maximum absolute atomic E-state index is 10.8. The Balaban J connectivity index is 2.70. The number of para-hydroxylation sites is 1. The second-order valence-corrected chi connectivity index (χ2v) is 3.29. The topological polar surface area (TPSA) is 62.5 Å². The second kappa shape index (κ2) is 3.84. The van der Waals surface area contributed by atoms with E-state index in [4.69, 9.17) is 5.11 Å². The van der Waals surface area contributed by atoms with Crippen molar-refractivity contribution in [2.24, 2.45) is 0 Å². The van der Waals surface area contributed by atoms with E-state index in [1.54, 1.807) is 18.3 Å².